The largest absolute Gasteiger partial charge is 0.478 e. The Bertz CT molecular complexity index is 374. The van der Waals surface area contributed by atoms with Crippen LogP contribution in [0.15, 0.2) is 24.3 Å². The van der Waals surface area contributed by atoms with Gasteiger partial charge >= 0.3 is 5.97 Å². The number of carboxylic acid groups (broad SMARTS) is 1. The molecular formula is C12H15NO3. The van der Waals surface area contributed by atoms with E-state index in [1.54, 1.807) is 24.3 Å². The van der Waals surface area contributed by atoms with Gasteiger partial charge < -0.3 is 15.5 Å². The van der Waals surface area contributed by atoms with Crippen LogP contribution >= 0.6 is 0 Å². The number of hydrogen-bond acceptors (Lipinski definition) is 3. The highest BCUT2D eigenvalue weighted by Gasteiger charge is 2.23. The summed E-state index contributed by atoms with van der Waals surface area (Å²) >= 11 is 0. The van der Waals surface area contributed by atoms with Crippen LogP contribution in [0.25, 0.3) is 0 Å². The summed E-state index contributed by atoms with van der Waals surface area (Å²) < 4.78 is 0. The molecule has 2 atom stereocenters. The molecule has 86 valence electrons. The quantitative estimate of drug-likeness (QED) is 0.701. The Hall–Kier alpha value is -1.39. The Balaban J connectivity index is 2.17. The second-order valence-corrected chi connectivity index (χ2v) is 4.07. The molecule has 0 radical (unpaired) electrons. The fourth-order valence-electron chi connectivity index (χ4n) is 2.04. The van der Waals surface area contributed by atoms with E-state index >= 15 is 0 Å². The van der Waals surface area contributed by atoms with Gasteiger partial charge in [-0.05, 0) is 37.1 Å². The first kappa shape index (κ1) is 11.1. The molecule has 2 unspecified atom stereocenters. The molecule has 1 aromatic carbocycles. The molecule has 1 aliphatic rings. The van der Waals surface area contributed by atoms with Crippen molar-refractivity contribution in [1.29, 1.82) is 0 Å². The Morgan fingerprint density at radius 2 is 2.00 bits per heavy atom. The molecule has 2 rings (SSSR count). The second kappa shape index (κ2) is 4.63. The third-order valence-electron chi connectivity index (χ3n) is 2.94. The van der Waals surface area contributed by atoms with E-state index in [0.29, 0.717) is 0 Å². The molecule has 0 saturated carbocycles. The van der Waals surface area contributed by atoms with Crippen LogP contribution < -0.4 is 5.32 Å². The van der Waals surface area contributed by atoms with Crippen molar-refractivity contribution in [3.05, 3.63) is 35.4 Å². The maximum absolute atomic E-state index is 10.7. The molecule has 1 aliphatic heterocycles. The van der Waals surface area contributed by atoms with Crippen LogP contribution in [0.3, 0.4) is 0 Å². The van der Waals surface area contributed by atoms with E-state index in [4.69, 9.17) is 5.11 Å². The van der Waals surface area contributed by atoms with Crippen LogP contribution in [0, 0.1) is 0 Å². The van der Waals surface area contributed by atoms with Gasteiger partial charge in [0.15, 0.2) is 0 Å². The van der Waals surface area contributed by atoms with E-state index in [0.717, 1.165) is 24.9 Å². The molecule has 0 bridgehead atoms. The average molecular weight is 221 g/mol. The van der Waals surface area contributed by atoms with Gasteiger partial charge in [-0.1, -0.05) is 12.1 Å². The first-order valence-corrected chi connectivity index (χ1v) is 5.43. The molecule has 0 spiro atoms. The fourth-order valence-corrected chi connectivity index (χ4v) is 2.04. The van der Waals surface area contributed by atoms with E-state index in [9.17, 15) is 9.90 Å². The first-order chi connectivity index (χ1) is 7.68. The lowest BCUT2D eigenvalue weighted by Gasteiger charge is -2.29. The number of aromatic carboxylic acids is 1. The topological polar surface area (TPSA) is 69.6 Å². The monoisotopic (exact) mass is 221 g/mol. The summed E-state index contributed by atoms with van der Waals surface area (Å²) in [6, 6.07) is 6.59. The SMILES string of the molecule is O=C(O)c1ccc(C2NCCCC2O)cc1. The zero-order chi connectivity index (χ0) is 11.5. The van der Waals surface area contributed by atoms with Crippen molar-refractivity contribution in [1.82, 2.24) is 5.32 Å². The number of aliphatic hydroxyl groups is 1. The molecule has 1 saturated heterocycles. The third kappa shape index (κ3) is 2.23. The molecule has 1 fully saturated rings. The predicted octanol–water partition coefficient (Wildman–Crippen LogP) is 1.17. The predicted molar refractivity (Wildman–Crippen MR) is 59.4 cm³/mol. The van der Waals surface area contributed by atoms with Gasteiger partial charge in [0.25, 0.3) is 0 Å². The van der Waals surface area contributed by atoms with E-state index < -0.39 is 5.97 Å². The zero-order valence-corrected chi connectivity index (χ0v) is 8.89. The molecule has 16 heavy (non-hydrogen) atoms. The molecule has 1 heterocycles. The molecular weight excluding hydrogens is 206 g/mol. The summed E-state index contributed by atoms with van der Waals surface area (Å²) in [6.07, 6.45) is 1.38. The minimum Gasteiger partial charge on any atom is -0.478 e. The number of aliphatic hydroxyl groups excluding tert-OH is 1. The lowest BCUT2D eigenvalue weighted by atomic mass is 9.94. The van der Waals surface area contributed by atoms with Crippen molar-refractivity contribution >= 4 is 5.97 Å². The number of benzene rings is 1. The number of rotatable bonds is 2. The van der Waals surface area contributed by atoms with Gasteiger partial charge in [0.1, 0.15) is 0 Å². The van der Waals surface area contributed by atoms with Gasteiger partial charge in [0.2, 0.25) is 0 Å². The van der Waals surface area contributed by atoms with Crippen molar-refractivity contribution in [2.45, 2.75) is 25.0 Å². The number of piperidine rings is 1. The van der Waals surface area contributed by atoms with Crippen LogP contribution in [-0.4, -0.2) is 28.8 Å². The van der Waals surface area contributed by atoms with Crippen molar-refractivity contribution in [2.24, 2.45) is 0 Å². The molecule has 0 amide bonds. The minimum absolute atomic E-state index is 0.0726. The van der Waals surface area contributed by atoms with Crippen LogP contribution in [-0.2, 0) is 0 Å². The van der Waals surface area contributed by atoms with Gasteiger partial charge in [-0.15, -0.1) is 0 Å². The Kier molecular flexibility index (Phi) is 3.22. The third-order valence-corrected chi connectivity index (χ3v) is 2.94. The number of hydrogen-bond donors (Lipinski definition) is 3. The number of carbonyl (C=O) groups is 1. The second-order valence-electron chi connectivity index (χ2n) is 4.07. The maximum Gasteiger partial charge on any atom is 0.335 e. The number of carboxylic acids is 1. The highest BCUT2D eigenvalue weighted by Crippen LogP contribution is 2.23. The molecule has 0 aromatic heterocycles. The zero-order valence-electron chi connectivity index (χ0n) is 8.89. The van der Waals surface area contributed by atoms with Gasteiger partial charge in [-0.2, -0.15) is 0 Å². The van der Waals surface area contributed by atoms with Gasteiger partial charge in [-0.25, -0.2) is 4.79 Å². The van der Waals surface area contributed by atoms with Crippen molar-refractivity contribution in [3.8, 4) is 0 Å². The van der Waals surface area contributed by atoms with Crippen molar-refractivity contribution < 1.29 is 15.0 Å². The molecule has 4 heteroatoms. The number of nitrogens with one attached hydrogen (secondary N) is 1. The van der Waals surface area contributed by atoms with Crippen molar-refractivity contribution in [2.75, 3.05) is 6.54 Å². The summed E-state index contributed by atoms with van der Waals surface area (Å²) in [5.74, 6) is -0.927. The standard InChI is InChI=1S/C12H15NO3/c14-10-2-1-7-13-11(10)8-3-5-9(6-4-8)12(15)16/h3-6,10-11,13-14H,1-2,7H2,(H,15,16). The highest BCUT2D eigenvalue weighted by atomic mass is 16.4. The van der Waals surface area contributed by atoms with Gasteiger partial charge in [0, 0.05) is 0 Å². The summed E-state index contributed by atoms with van der Waals surface area (Å²) in [5, 5.41) is 21.8. The summed E-state index contributed by atoms with van der Waals surface area (Å²) in [5.41, 5.74) is 1.21. The van der Waals surface area contributed by atoms with Crippen LogP contribution in [0.5, 0.6) is 0 Å². The van der Waals surface area contributed by atoms with E-state index in [-0.39, 0.29) is 17.7 Å². The Morgan fingerprint density at radius 3 is 2.56 bits per heavy atom. The highest BCUT2D eigenvalue weighted by molar-refractivity contribution is 5.87. The normalized spacial score (nSPS) is 25.3. The molecule has 3 N–H and O–H groups in total. The van der Waals surface area contributed by atoms with Gasteiger partial charge in [0.05, 0.1) is 17.7 Å². The van der Waals surface area contributed by atoms with E-state index in [1.165, 1.54) is 0 Å². The fraction of sp³-hybridized carbons (Fsp3) is 0.417. The molecule has 0 aliphatic carbocycles. The lowest BCUT2D eigenvalue weighted by Crippen LogP contribution is -2.37. The van der Waals surface area contributed by atoms with Crippen LogP contribution in [0.4, 0.5) is 0 Å². The summed E-state index contributed by atoms with van der Waals surface area (Å²) in [7, 11) is 0. The summed E-state index contributed by atoms with van der Waals surface area (Å²) in [4.78, 5) is 10.7. The van der Waals surface area contributed by atoms with Gasteiger partial charge in [-0.3, -0.25) is 0 Å². The van der Waals surface area contributed by atoms with Crippen molar-refractivity contribution in [3.63, 3.8) is 0 Å². The molecule has 1 aromatic rings. The van der Waals surface area contributed by atoms with E-state index in [1.807, 2.05) is 0 Å². The van der Waals surface area contributed by atoms with Crippen LogP contribution in [0.1, 0.15) is 34.8 Å². The smallest absolute Gasteiger partial charge is 0.335 e. The average Bonchev–Trinajstić information content (AvgIpc) is 2.30. The Labute approximate surface area is 93.9 Å². The van der Waals surface area contributed by atoms with E-state index in [2.05, 4.69) is 5.32 Å². The minimum atomic E-state index is -0.927. The lowest BCUT2D eigenvalue weighted by molar-refractivity contribution is 0.0697. The maximum atomic E-state index is 10.7. The summed E-state index contributed by atoms with van der Waals surface area (Å²) in [6.45, 7) is 0.891. The first-order valence-electron chi connectivity index (χ1n) is 5.43. The Morgan fingerprint density at radius 1 is 1.31 bits per heavy atom. The van der Waals surface area contributed by atoms with Crippen LogP contribution in [0.2, 0.25) is 0 Å². The molecule has 4 nitrogen and oxygen atoms in total.